The third kappa shape index (κ3) is 5.35. The maximum atomic E-state index is 12.4. The highest BCUT2D eigenvalue weighted by Crippen LogP contribution is 2.18. The van der Waals surface area contributed by atoms with Gasteiger partial charge in [0.05, 0.1) is 5.56 Å². The molecule has 25 heavy (non-hydrogen) atoms. The summed E-state index contributed by atoms with van der Waals surface area (Å²) in [4.78, 5) is 26.2. The highest BCUT2D eigenvalue weighted by molar-refractivity contribution is 5.97. The molecule has 1 N–H and O–H groups in total. The summed E-state index contributed by atoms with van der Waals surface area (Å²) >= 11 is 0. The van der Waals surface area contributed by atoms with Gasteiger partial charge in [-0.1, -0.05) is 42.5 Å². The summed E-state index contributed by atoms with van der Waals surface area (Å²) in [5, 5.41) is 2.87. The fraction of sp³-hybridized carbons (Fsp3) is 0.300. The molecule has 0 radical (unpaired) electrons. The van der Waals surface area contributed by atoms with Crippen molar-refractivity contribution in [1.82, 2.24) is 10.2 Å². The van der Waals surface area contributed by atoms with Crippen LogP contribution >= 0.6 is 0 Å². The largest absolute Gasteiger partial charge is 0.483 e. The van der Waals surface area contributed by atoms with Crippen LogP contribution in [0.4, 0.5) is 0 Å². The Bertz CT molecular complexity index is 697. The van der Waals surface area contributed by atoms with E-state index in [0.29, 0.717) is 30.9 Å². The van der Waals surface area contributed by atoms with Gasteiger partial charge < -0.3 is 15.0 Å². The second-order valence-corrected chi connectivity index (χ2v) is 5.52. The van der Waals surface area contributed by atoms with E-state index in [9.17, 15) is 9.59 Å². The van der Waals surface area contributed by atoms with Crippen LogP contribution in [-0.2, 0) is 11.3 Å². The predicted molar refractivity (Wildman–Crippen MR) is 97.5 cm³/mol. The van der Waals surface area contributed by atoms with Crippen LogP contribution in [-0.4, -0.2) is 36.4 Å². The molecule has 2 aromatic rings. The molecule has 5 heteroatoms. The topological polar surface area (TPSA) is 58.6 Å². The van der Waals surface area contributed by atoms with Gasteiger partial charge in [0, 0.05) is 19.6 Å². The van der Waals surface area contributed by atoms with Gasteiger partial charge in [-0.05, 0) is 31.5 Å². The molecule has 0 atom stereocenters. The molecular weight excluding hydrogens is 316 g/mol. The lowest BCUT2D eigenvalue weighted by Crippen LogP contribution is -2.34. The Balaban J connectivity index is 1.99. The Morgan fingerprint density at radius 3 is 2.28 bits per heavy atom. The van der Waals surface area contributed by atoms with Crippen LogP contribution in [0.3, 0.4) is 0 Å². The predicted octanol–water partition coefficient (Wildman–Crippen LogP) is 2.86. The first-order chi connectivity index (χ1) is 12.2. The second-order valence-electron chi connectivity index (χ2n) is 5.52. The summed E-state index contributed by atoms with van der Waals surface area (Å²) in [6.07, 6.45) is 0. The Morgan fingerprint density at radius 2 is 1.60 bits per heavy atom. The van der Waals surface area contributed by atoms with Crippen LogP contribution < -0.4 is 10.1 Å². The fourth-order valence-electron chi connectivity index (χ4n) is 2.46. The van der Waals surface area contributed by atoms with E-state index in [0.717, 1.165) is 5.56 Å². The molecular formula is C20H24N2O3. The number of hydrogen-bond donors (Lipinski definition) is 1. The summed E-state index contributed by atoms with van der Waals surface area (Å²) in [7, 11) is 0. The standard InChI is InChI=1S/C20H24N2O3/c1-3-22(4-2)19(23)15-25-18-13-9-8-12-17(18)20(24)21-14-16-10-6-5-7-11-16/h5-13H,3-4,14-15H2,1-2H3,(H,21,24). The molecule has 0 aliphatic rings. The zero-order chi connectivity index (χ0) is 18.1. The van der Waals surface area contributed by atoms with E-state index >= 15 is 0 Å². The van der Waals surface area contributed by atoms with Crippen molar-refractivity contribution < 1.29 is 14.3 Å². The van der Waals surface area contributed by atoms with Crippen LogP contribution in [0.25, 0.3) is 0 Å². The molecule has 132 valence electrons. The molecule has 2 amide bonds. The first kappa shape index (κ1) is 18.5. The summed E-state index contributed by atoms with van der Waals surface area (Å²) in [5.41, 5.74) is 1.44. The number of hydrogen-bond acceptors (Lipinski definition) is 3. The summed E-state index contributed by atoms with van der Waals surface area (Å²) in [6, 6.07) is 16.6. The lowest BCUT2D eigenvalue weighted by molar-refractivity contribution is -0.132. The van der Waals surface area contributed by atoms with Crippen LogP contribution in [0.1, 0.15) is 29.8 Å². The monoisotopic (exact) mass is 340 g/mol. The van der Waals surface area contributed by atoms with E-state index < -0.39 is 0 Å². The van der Waals surface area contributed by atoms with Crippen molar-refractivity contribution in [3.05, 3.63) is 65.7 Å². The summed E-state index contributed by atoms with van der Waals surface area (Å²) < 4.78 is 5.60. The molecule has 0 unspecified atom stereocenters. The second kappa shape index (κ2) is 9.47. The first-order valence-corrected chi connectivity index (χ1v) is 8.47. The number of ether oxygens (including phenoxy) is 1. The van der Waals surface area contributed by atoms with Gasteiger partial charge in [-0.2, -0.15) is 0 Å². The van der Waals surface area contributed by atoms with E-state index in [4.69, 9.17) is 4.74 Å². The van der Waals surface area contributed by atoms with E-state index in [1.165, 1.54) is 0 Å². The number of para-hydroxylation sites is 1. The van der Waals surface area contributed by atoms with Crippen LogP contribution in [0, 0.1) is 0 Å². The molecule has 5 nitrogen and oxygen atoms in total. The number of carbonyl (C=O) groups is 2. The third-order valence-corrected chi connectivity index (χ3v) is 3.89. The van der Waals surface area contributed by atoms with Gasteiger partial charge in [-0.15, -0.1) is 0 Å². The van der Waals surface area contributed by atoms with Gasteiger partial charge in [0.15, 0.2) is 6.61 Å². The van der Waals surface area contributed by atoms with E-state index in [2.05, 4.69) is 5.32 Å². The van der Waals surface area contributed by atoms with Gasteiger partial charge in [0.1, 0.15) is 5.75 Å². The lowest BCUT2D eigenvalue weighted by Gasteiger charge is -2.19. The number of benzene rings is 2. The van der Waals surface area contributed by atoms with Crippen molar-refractivity contribution in [3.63, 3.8) is 0 Å². The van der Waals surface area contributed by atoms with Crippen LogP contribution in [0.2, 0.25) is 0 Å². The maximum Gasteiger partial charge on any atom is 0.260 e. The van der Waals surface area contributed by atoms with Gasteiger partial charge in [0.25, 0.3) is 11.8 Å². The molecule has 0 fully saturated rings. The van der Waals surface area contributed by atoms with E-state index in [1.807, 2.05) is 44.2 Å². The molecule has 0 saturated carbocycles. The number of carbonyl (C=O) groups excluding carboxylic acids is 2. The molecule has 0 aliphatic carbocycles. The van der Waals surface area contributed by atoms with Crippen LogP contribution in [0.5, 0.6) is 5.75 Å². The van der Waals surface area contributed by atoms with Crippen molar-refractivity contribution in [1.29, 1.82) is 0 Å². The Kier molecular flexibility index (Phi) is 7.01. The molecule has 0 aliphatic heterocycles. The summed E-state index contributed by atoms with van der Waals surface area (Å²) in [5.74, 6) is 0.0906. The average Bonchev–Trinajstić information content (AvgIpc) is 2.66. The number of rotatable bonds is 8. The van der Waals surface area contributed by atoms with Crippen molar-refractivity contribution in [2.75, 3.05) is 19.7 Å². The van der Waals surface area contributed by atoms with Gasteiger partial charge in [-0.3, -0.25) is 9.59 Å². The van der Waals surface area contributed by atoms with Gasteiger partial charge in [-0.25, -0.2) is 0 Å². The zero-order valence-corrected chi connectivity index (χ0v) is 14.7. The number of nitrogens with zero attached hydrogens (tertiary/aromatic N) is 1. The van der Waals surface area contributed by atoms with Crippen molar-refractivity contribution in [2.45, 2.75) is 20.4 Å². The quantitative estimate of drug-likeness (QED) is 0.804. The van der Waals surface area contributed by atoms with Gasteiger partial charge >= 0.3 is 0 Å². The van der Waals surface area contributed by atoms with E-state index in [1.54, 1.807) is 29.2 Å². The summed E-state index contributed by atoms with van der Waals surface area (Å²) in [6.45, 7) is 5.48. The minimum Gasteiger partial charge on any atom is -0.483 e. The van der Waals surface area contributed by atoms with Crippen LogP contribution in [0.15, 0.2) is 54.6 Å². The molecule has 2 aromatic carbocycles. The molecule has 0 bridgehead atoms. The smallest absolute Gasteiger partial charge is 0.260 e. The van der Waals surface area contributed by atoms with Crippen molar-refractivity contribution in [2.24, 2.45) is 0 Å². The van der Waals surface area contributed by atoms with Gasteiger partial charge in [0.2, 0.25) is 0 Å². The molecule has 2 rings (SSSR count). The van der Waals surface area contributed by atoms with Crippen molar-refractivity contribution in [3.8, 4) is 5.75 Å². The minimum atomic E-state index is -0.227. The SMILES string of the molecule is CCN(CC)C(=O)COc1ccccc1C(=O)NCc1ccccc1. The third-order valence-electron chi connectivity index (χ3n) is 3.89. The first-order valence-electron chi connectivity index (χ1n) is 8.47. The number of amides is 2. The number of nitrogens with one attached hydrogen (secondary N) is 1. The Morgan fingerprint density at radius 1 is 0.960 bits per heavy atom. The highest BCUT2D eigenvalue weighted by Gasteiger charge is 2.15. The Labute approximate surface area is 148 Å². The maximum absolute atomic E-state index is 12.4. The normalized spacial score (nSPS) is 10.2. The average molecular weight is 340 g/mol. The number of likely N-dealkylation sites (N-methyl/N-ethyl adjacent to an activating group) is 1. The Hall–Kier alpha value is -2.82. The lowest BCUT2D eigenvalue weighted by atomic mass is 10.1. The zero-order valence-electron chi connectivity index (χ0n) is 14.7. The molecule has 0 spiro atoms. The van der Waals surface area contributed by atoms with Crippen molar-refractivity contribution >= 4 is 11.8 Å². The fourth-order valence-corrected chi connectivity index (χ4v) is 2.46. The van der Waals surface area contributed by atoms with E-state index in [-0.39, 0.29) is 18.4 Å². The minimum absolute atomic E-state index is 0.0787. The molecule has 0 saturated heterocycles. The molecule has 0 heterocycles. The molecule has 0 aromatic heterocycles. The highest BCUT2D eigenvalue weighted by atomic mass is 16.5.